The van der Waals surface area contributed by atoms with Gasteiger partial charge in [0.05, 0.1) is 12.0 Å². The minimum Gasteiger partial charge on any atom is -0.468 e. The maximum Gasteiger partial charge on any atom is 0.410 e. The summed E-state index contributed by atoms with van der Waals surface area (Å²) >= 11 is 0. The average molecular weight is 608 g/mol. The summed E-state index contributed by atoms with van der Waals surface area (Å²) in [5.74, 6) is -0.481. The molecule has 3 aromatic rings. The van der Waals surface area contributed by atoms with Gasteiger partial charge in [-0.2, -0.15) is 0 Å². The molecule has 0 aliphatic carbocycles. The first kappa shape index (κ1) is 32.2. The quantitative estimate of drug-likeness (QED) is 0.259. The third kappa shape index (κ3) is 9.13. The molecule has 1 amide bonds. The Hall–Kier alpha value is -3.73. The number of ether oxygens (including phenoxy) is 2. The Morgan fingerprint density at radius 2 is 1.49 bits per heavy atom. The predicted molar refractivity (Wildman–Crippen MR) is 165 cm³/mol. The van der Waals surface area contributed by atoms with E-state index in [1.807, 2.05) is 60.7 Å². The summed E-state index contributed by atoms with van der Waals surface area (Å²) in [5, 5.41) is 0. The van der Waals surface area contributed by atoms with E-state index < -0.39 is 22.1 Å². The molecule has 0 spiro atoms. The molecule has 0 N–H and O–H groups in total. The van der Waals surface area contributed by atoms with E-state index >= 15 is 0 Å². The largest absolute Gasteiger partial charge is 0.468 e. The van der Waals surface area contributed by atoms with Crippen LogP contribution in [-0.2, 0) is 30.9 Å². The van der Waals surface area contributed by atoms with E-state index in [1.54, 1.807) is 37.4 Å². The number of likely N-dealkylation sites (tertiary alicyclic amines) is 1. The summed E-state index contributed by atoms with van der Waals surface area (Å²) in [4.78, 5) is 29.3. The van der Waals surface area contributed by atoms with E-state index in [9.17, 15) is 18.0 Å². The zero-order valence-electron chi connectivity index (χ0n) is 24.9. The van der Waals surface area contributed by atoms with E-state index in [0.717, 1.165) is 37.2 Å². The van der Waals surface area contributed by atoms with Gasteiger partial charge in [-0.05, 0) is 55.0 Å². The first-order valence-electron chi connectivity index (χ1n) is 14.6. The van der Waals surface area contributed by atoms with E-state index in [-0.39, 0.29) is 30.0 Å². The minimum absolute atomic E-state index is 0.00574. The van der Waals surface area contributed by atoms with Crippen LogP contribution in [0.1, 0.15) is 36.3 Å². The van der Waals surface area contributed by atoms with Crippen LogP contribution in [0.4, 0.5) is 4.79 Å². The zero-order valence-corrected chi connectivity index (χ0v) is 25.7. The summed E-state index contributed by atoms with van der Waals surface area (Å²) < 4.78 is 38.3. The maximum absolute atomic E-state index is 13.2. The van der Waals surface area contributed by atoms with Crippen molar-refractivity contribution in [3.8, 4) is 0 Å². The molecule has 1 saturated heterocycles. The summed E-state index contributed by atoms with van der Waals surface area (Å²) in [6.45, 7) is 2.60. The van der Waals surface area contributed by atoms with Crippen LogP contribution < -0.4 is 0 Å². The molecule has 0 unspecified atom stereocenters. The van der Waals surface area contributed by atoms with Crippen molar-refractivity contribution in [3.05, 3.63) is 102 Å². The second-order valence-corrected chi connectivity index (χ2v) is 12.9. The Bertz CT molecular complexity index is 1400. The fraction of sp³-hybridized carbons (Fsp3) is 0.394. The molecule has 1 fully saturated rings. The van der Waals surface area contributed by atoms with Crippen LogP contribution in [0.2, 0.25) is 0 Å². The average Bonchev–Trinajstić information content (AvgIpc) is 3.05. The predicted octanol–water partition coefficient (Wildman–Crippen LogP) is 4.76. The first-order valence-corrected chi connectivity index (χ1v) is 16.0. The molecule has 43 heavy (non-hydrogen) atoms. The second-order valence-electron chi connectivity index (χ2n) is 10.8. The molecular formula is C33H41N3O6S. The van der Waals surface area contributed by atoms with Gasteiger partial charge in [-0.1, -0.05) is 78.9 Å². The summed E-state index contributed by atoms with van der Waals surface area (Å²) in [5.41, 5.74) is 1.97. The Morgan fingerprint density at radius 1 is 0.907 bits per heavy atom. The van der Waals surface area contributed by atoms with Gasteiger partial charge in [0.2, 0.25) is 10.0 Å². The van der Waals surface area contributed by atoms with Crippen molar-refractivity contribution >= 4 is 22.1 Å². The number of piperidine rings is 1. The standard InChI is InChI=1S/C33H41N3O6S/c1-34(43(39,40)31-16-10-5-11-17-31)24-29(28-14-8-4-9-15-28)18-21-35-22-19-30(20-23-35)36(25-32(37)41-2)33(38)42-26-27-12-6-3-7-13-27/h3-17,29-30H,18-26H2,1-2H3/t29-/m0/s1. The number of carbonyl (C=O) groups is 2. The number of rotatable bonds is 13. The molecule has 0 aromatic heterocycles. The number of benzene rings is 3. The molecular weight excluding hydrogens is 566 g/mol. The number of hydrogen-bond donors (Lipinski definition) is 0. The molecule has 0 radical (unpaired) electrons. The van der Waals surface area contributed by atoms with Gasteiger partial charge < -0.3 is 14.4 Å². The molecule has 9 nitrogen and oxygen atoms in total. The molecule has 1 heterocycles. The van der Waals surface area contributed by atoms with Crippen LogP contribution in [0.5, 0.6) is 0 Å². The number of hydrogen-bond acceptors (Lipinski definition) is 7. The van der Waals surface area contributed by atoms with Crippen LogP contribution in [0.15, 0.2) is 95.9 Å². The van der Waals surface area contributed by atoms with Crippen molar-refractivity contribution in [1.82, 2.24) is 14.1 Å². The topological polar surface area (TPSA) is 96.5 Å². The van der Waals surface area contributed by atoms with E-state index in [4.69, 9.17) is 9.47 Å². The van der Waals surface area contributed by atoms with Gasteiger partial charge >= 0.3 is 12.1 Å². The van der Waals surface area contributed by atoms with E-state index in [1.165, 1.54) is 16.3 Å². The molecule has 230 valence electrons. The molecule has 0 saturated carbocycles. The number of sulfonamides is 1. The second kappa shape index (κ2) is 15.7. The summed E-state index contributed by atoms with van der Waals surface area (Å²) in [7, 11) is -0.667. The smallest absolute Gasteiger partial charge is 0.410 e. The third-order valence-corrected chi connectivity index (χ3v) is 9.80. The minimum atomic E-state index is -3.61. The maximum atomic E-state index is 13.2. The molecule has 4 rings (SSSR count). The Labute approximate surface area is 255 Å². The fourth-order valence-corrected chi connectivity index (χ4v) is 6.65. The summed E-state index contributed by atoms with van der Waals surface area (Å²) in [6, 6.07) is 27.8. The molecule has 0 bridgehead atoms. The van der Waals surface area contributed by atoms with Crippen LogP contribution >= 0.6 is 0 Å². The highest BCUT2D eigenvalue weighted by atomic mass is 32.2. The van der Waals surface area contributed by atoms with E-state index in [2.05, 4.69) is 4.90 Å². The third-order valence-electron chi connectivity index (χ3n) is 7.96. The molecule has 1 aliphatic heterocycles. The van der Waals surface area contributed by atoms with Crippen molar-refractivity contribution in [2.45, 2.75) is 42.7 Å². The van der Waals surface area contributed by atoms with Crippen LogP contribution in [-0.4, -0.2) is 87.5 Å². The fourth-order valence-electron chi connectivity index (χ4n) is 5.41. The normalized spacial score (nSPS) is 15.1. The number of amides is 1. The number of likely N-dealkylation sites (N-methyl/N-ethyl adjacent to an activating group) is 1. The number of methoxy groups -OCH3 is 1. The van der Waals surface area contributed by atoms with Gasteiger partial charge in [-0.3, -0.25) is 9.69 Å². The van der Waals surface area contributed by atoms with Crippen molar-refractivity contribution < 1.29 is 27.5 Å². The van der Waals surface area contributed by atoms with Crippen molar-refractivity contribution in [3.63, 3.8) is 0 Å². The van der Waals surface area contributed by atoms with Crippen LogP contribution in [0.3, 0.4) is 0 Å². The van der Waals surface area contributed by atoms with Crippen LogP contribution in [0.25, 0.3) is 0 Å². The van der Waals surface area contributed by atoms with Crippen molar-refractivity contribution in [2.24, 2.45) is 0 Å². The van der Waals surface area contributed by atoms with Gasteiger partial charge in [0.15, 0.2) is 0 Å². The molecule has 10 heteroatoms. The molecule has 1 aliphatic rings. The van der Waals surface area contributed by atoms with Crippen molar-refractivity contribution in [2.75, 3.05) is 46.9 Å². The molecule has 1 atom stereocenters. The Morgan fingerprint density at radius 3 is 2.09 bits per heavy atom. The number of esters is 1. The van der Waals surface area contributed by atoms with Crippen molar-refractivity contribution in [1.29, 1.82) is 0 Å². The zero-order chi connectivity index (χ0) is 30.7. The van der Waals surface area contributed by atoms with Crippen LogP contribution in [0, 0.1) is 0 Å². The van der Waals surface area contributed by atoms with Gasteiger partial charge in [0, 0.05) is 32.7 Å². The lowest BCUT2D eigenvalue weighted by Crippen LogP contribution is -2.49. The Kier molecular flexibility index (Phi) is 11.7. The van der Waals surface area contributed by atoms with Gasteiger partial charge in [0.1, 0.15) is 13.2 Å². The van der Waals surface area contributed by atoms with Gasteiger partial charge in [-0.15, -0.1) is 0 Å². The highest BCUT2D eigenvalue weighted by Gasteiger charge is 2.31. The van der Waals surface area contributed by atoms with Gasteiger partial charge in [0.25, 0.3) is 0 Å². The van der Waals surface area contributed by atoms with E-state index in [0.29, 0.717) is 19.4 Å². The number of carbonyl (C=O) groups excluding carboxylic acids is 2. The molecule has 3 aromatic carbocycles. The lowest BCUT2D eigenvalue weighted by Gasteiger charge is -2.38. The first-order chi connectivity index (χ1) is 20.8. The highest BCUT2D eigenvalue weighted by molar-refractivity contribution is 7.89. The Balaban J connectivity index is 1.36. The van der Waals surface area contributed by atoms with Gasteiger partial charge in [-0.25, -0.2) is 17.5 Å². The highest BCUT2D eigenvalue weighted by Crippen LogP contribution is 2.26. The number of nitrogens with zero attached hydrogens (tertiary/aromatic N) is 3. The summed E-state index contributed by atoms with van der Waals surface area (Å²) in [6.07, 6.45) is 1.62. The SMILES string of the molecule is COC(=O)CN(C(=O)OCc1ccccc1)C1CCN(CC[C@@H](CN(C)S(=O)(=O)c2ccccc2)c2ccccc2)CC1. The monoisotopic (exact) mass is 607 g/mol. The lowest BCUT2D eigenvalue weighted by molar-refractivity contribution is -0.142. The lowest BCUT2D eigenvalue weighted by atomic mass is 9.94.